The molecule has 1 aliphatic carbocycles. The van der Waals surface area contributed by atoms with E-state index < -0.39 is 10.0 Å². The van der Waals surface area contributed by atoms with Crippen molar-refractivity contribution in [3.63, 3.8) is 0 Å². The first-order valence-corrected chi connectivity index (χ1v) is 8.73. The van der Waals surface area contributed by atoms with Crippen molar-refractivity contribution in [1.29, 1.82) is 0 Å². The molecule has 3 rings (SSSR count). The van der Waals surface area contributed by atoms with Gasteiger partial charge in [-0.3, -0.25) is 0 Å². The van der Waals surface area contributed by atoms with E-state index in [2.05, 4.69) is 0 Å². The van der Waals surface area contributed by atoms with Gasteiger partial charge in [-0.15, -0.1) is 0 Å². The summed E-state index contributed by atoms with van der Waals surface area (Å²) in [7, 11) is -3.46. The van der Waals surface area contributed by atoms with Gasteiger partial charge in [-0.1, -0.05) is 17.7 Å². The van der Waals surface area contributed by atoms with E-state index in [1.165, 1.54) is 0 Å². The van der Waals surface area contributed by atoms with Crippen molar-refractivity contribution in [2.75, 3.05) is 13.1 Å². The van der Waals surface area contributed by atoms with Crippen molar-refractivity contribution in [2.45, 2.75) is 30.7 Å². The minimum absolute atomic E-state index is 0.139. The van der Waals surface area contributed by atoms with E-state index in [9.17, 15) is 8.42 Å². The fraction of sp³-hybridized carbons (Fsp3) is 0.571. The first-order chi connectivity index (χ1) is 9.39. The Kier molecular flexibility index (Phi) is 3.57. The van der Waals surface area contributed by atoms with Gasteiger partial charge < -0.3 is 5.73 Å². The van der Waals surface area contributed by atoms with Crippen LogP contribution in [0.25, 0.3) is 0 Å². The third-order valence-electron chi connectivity index (χ3n) is 4.65. The van der Waals surface area contributed by atoms with Gasteiger partial charge in [-0.05, 0) is 49.3 Å². The lowest BCUT2D eigenvalue weighted by molar-refractivity contribution is 0.427. The molecule has 1 saturated carbocycles. The van der Waals surface area contributed by atoms with Crippen LogP contribution in [0.15, 0.2) is 23.1 Å². The largest absolute Gasteiger partial charge is 0.327 e. The molecule has 1 aromatic rings. The van der Waals surface area contributed by atoms with Crippen molar-refractivity contribution < 1.29 is 8.42 Å². The first-order valence-electron chi connectivity index (χ1n) is 6.91. The molecular formula is C14H19ClN2O2S. The molecular weight excluding hydrogens is 296 g/mol. The molecule has 3 unspecified atom stereocenters. The van der Waals surface area contributed by atoms with Crippen molar-refractivity contribution in [3.05, 3.63) is 28.8 Å². The number of hydrogen-bond acceptors (Lipinski definition) is 3. The van der Waals surface area contributed by atoms with Crippen molar-refractivity contribution in [2.24, 2.45) is 17.6 Å². The Balaban J connectivity index is 1.92. The van der Waals surface area contributed by atoms with Gasteiger partial charge in [-0.2, -0.15) is 4.31 Å². The Hall–Kier alpha value is -0.620. The zero-order valence-electron chi connectivity index (χ0n) is 11.4. The number of sulfonamides is 1. The van der Waals surface area contributed by atoms with Gasteiger partial charge in [0.05, 0.1) is 4.90 Å². The maximum atomic E-state index is 12.8. The normalized spacial score (nSPS) is 30.6. The van der Waals surface area contributed by atoms with E-state index in [4.69, 9.17) is 17.3 Å². The Bertz CT molecular complexity index is 632. The lowest BCUT2D eigenvalue weighted by Gasteiger charge is -2.20. The molecule has 0 radical (unpaired) electrons. The van der Waals surface area contributed by atoms with Crippen LogP contribution in [0.4, 0.5) is 0 Å². The second-order valence-electron chi connectivity index (χ2n) is 5.90. The predicted octanol–water partition coefficient (Wildman–Crippen LogP) is 2.01. The molecule has 0 amide bonds. The molecule has 20 heavy (non-hydrogen) atoms. The molecule has 0 bridgehead atoms. The second-order valence-corrected chi connectivity index (χ2v) is 8.24. The van der Waals surface area contributed by atoms with Crippen LogP contribution in [0.1, 0.15) is 18.4 Å². The van der Waals surface area contributed by atoms with E-state index in [0.29, 0.717) is 34.8 Å². The number of aryl methyl sites for hydroxylation is 1. The highest BCUT2D eigenvalue weighted by atomic mass is 35.5. The van der Waals surface area contributed by atoms with Gasteiger partial charge in [-0.25, -0.2) is 8.42 Å². The molecule has 0 spiro atoms. The molecule has 4 nitrogen and oxygen atoms in total. The van der Waals surface area contributed by atoms with E-state index in [-0.39, 0.29) is 6.04 Å². The summed E-state index contributed by atoms with van der Waals surface area (Å²) < 4.78 is 27.1. The molecule has 2 aliphatic rings. The van der Waals surface area contributed by atoms with Gasteiger partial charge in [0.1, 0.15) is 0 Å². The van der Waals surface area contributed by atoms with Crippen LogP contribution in [0.3, 0.4) is 0 Å². The van der Waals surface area contributed by atoms with Gasteiger partial charge in [0.25, 0.3) is 0 Å². The van der Waals surface area contributed by atoms with Gasteiger partial charge >= 0.3 is 0 Å². The summed E-state index contributed by atoms with van der Waals surface area (Å²) >= 11 is 5.95. The summed E-state index contributed by atoms with van der Waals surface area (Å²) in [5.74, 6) is 0.725. The van der Waals surface area contributed by atoms with Crippen LogP contribution in [0.2, 0.25) is 5.02 Å². The first kappa shape index (κ1) is 14.3. The van der Waals surface area contributed by atoms with E-state index in [0.717, 1.165) is 18.4 Å². The van der Waals surface area contributed by atoms with E-state index >= 15 is 0 Å². The summed E-state index contributed by atoms with van der Waals surface area (Å²) in [5, 5.41) is 0.449. The van der Waals surface area contributed by atoms with Gasteiger partial charge in [0.2, 0.25) is 10.0 Å². The minimum Gasteiger partial charge on any atom is -0.327 e. The zero-order valence-corrected chi connectivity index (χ0v) is 13.0. The highest BCUT2D eigenvalue weighted by molar-refractivity contribution is 7.89. The summed E-state index contributed by atoms with van der Waals surface area (Å²) in [6.45, 7) is 2.93. The third kappa shape index (κ3) is 2.26. The van der Waals surface area contributed by atoms with Gasteiger partial charge in [0.15, 0.2) is 0 Å². The van der Waals surface area contributed by atoms with Crippen LogP contribution < -0.4 is 5.73 Å². The highest BCUT2D eigenvalue weighted by Crippen LogP contribution is 2.39. The Morgan fingerprint density at radius 2 is 2.05 bits per heavy atom. The maximum Gasteiger partial charge on any atom is 0.243 e. The van der Waals surface area contributed by atoms with Gasteiger partial charge in [0, 0.05) is 24.2 Å². The fourth-order valence-electron chi connectivity index (χ4n) is 3.45. The molecule has 0 aromatic heterocycles. The smallest absolute Gasteiger partial charge is 0.243 e. The average molecular weight is 315 g/mol. The number of fused-ring (bicyclic) bond motifs is 1. The topological polar surface area (TPSA) is 63.4 Å². The van der Waals surface area contributed by atoms with Crippen LogP contribution in [0.5, 0.6) is 0 Å². The van der Waals surface area contributed by atoms with Crippen molar-refractivity contribution >= 4 is 21.6 Å². The molecule has 2 N–H and O–H groups in total. The summed E-state index contributed by atoms with van der Waals surface area (Å²) in [5.41, 5.74) is 6.81. The number of rotatable bonds is 2. The lowest BCUT2D eigenvalue weighted by Crippen LogP contribution is -2.33. The fourth-order valence-corrected chi connectivity index (χ4v) is 5.48. The number of hydrogen-bond donors (Lipinski definition) is 1. The number of benzene rings is 1. The molecule has 110 valence electrons. The summed E-state index contributed by atoms with van der Waals surface area (Å²) in [6.07, 6.45) is 2.05. The highest BCUT2D eigenvalue weighted by Gasteiger charge is 2.45. The Morgan fingerprint density at radius 3 is 2.75 bits per heavy atom. The summed E-state index contributed by atoms with van der Waals surface area (Å²) in [4.78, 5) is 0.318. The average Bonchev–Trinajstić information content (AvgIpc) is 2.95. The van der Waals surface area contributed by atoms with Crippen molar-refractivity contribution in [1.82, 2.24) is 4.31 Å². The van der Waals surface area contributed by atoms with Crippen LogP contribution in [-0.4, -0.2) is 31.9 Å². The molecule has 1 heterocycles. The van der Waals surface area contributed by atoms with E-state index in [1.807, 2.05) is 0 Å². The Labute approximate surface area is 125 Å². The molecule has 1 aliphatic heterocycles. The predicted molar refractivity (Wildman–Crippen MR) is 79.1 cm³/mol. The lowest BCUT2D eigenvalue weighted by atomic mass is 9.98. The molecule has 1 saturated heterocycles. The monoisotopic (exact) mass is 314 g/mol. The number of halogens is 1. The summed E-state index contributed by atoms with van der Waals surface area (Å²) in [6, 6.07) is 5.14. The SMILES string of the molecule is Cc1ccc(Cl)cc1S(=O)(=O)N1CC2CCC(N)C2C1. The van der Waals surface area contributed by atoms with E-state index in [1.54, 1.807) is 29.4 Å². The quantitative estimate of drug-likeness (QED) is 0.908. The molecule has 3 atom stereocenters. The molecule has 6 heteroatoms. The molecule has 1 aromatic carbocycles. The number of nitrogens with zero attached hydrogens (tertiary/aromatic N) is 1. The molecule has 2 fully saturated rings. The standard InChI is InChI=1S/C14H19ClN2O2S/c1-9-2-4-11(15)6-14(9)20(18,19)17-7-10-3-5-13(16)12(10)8-17/h2,4,6,10,12-13H,3,5,7-8,16H2,1H3. The Morgan fingerprint density at radius 1 is 1.30 bits per heavy atom. The number of nitrogens with two attached hydrogens (primary N) is 1. The minimum atomic E-state index is -3.46. The van der Waals surface area contributed by atoms with Crippen LogP contribution >= 0.6 is 11.6 Å². The third-order valence-corrected chi connectivity index (χ3v) is 6.86. The second kappa shape index (κ2) is 4.98. The van der Waals surface area contributed by atoms with Crippen LogP contribution in [-0.2, 0) is 10.0 Å². The van der Waals surface area contributed by atoms with Crippen LogP contribution in [0, 0.1) is 18.8 Å². The zero-order chi connectivity index (χ0) is 14.5. The van der Waals surface area contributed by atoms with Crippen molar-refractivity contribution in [3.8, 4) is 0 Å². The maximum absolute atomic E-state index is 12.8.